The molecule has 13 aromatic carbocycles. The molecule has 0 aliphatic carbocycles. The molecule has 4 heteroatoms. The number of rotatable bonds is 9. The Morgan fingerprint density at radius 2 is 0.519 bits per heavy atom. The summed E-state index contributed by atoms with van der Waals surface area (Å²) < 4.78 is 79.6. The van der Waals surface area contributed by atoms with Gasteiger partial charge in [-0.1, -0.05) is 367 Å². The van der Waals surface area contributed by atoms with Gasteiger partial charge in [-0.25, -0.2) is 0 Å². The molecule has 0 radical (unpaired) electrons. The summed E-state index contributed by atoms with van der Waals surface area (Å²) in [6.45, 7) is 39.9. The van der Waals surface area contributed by atoms with Crippen LogP contribution in [0.5, 0.6) is 0 Å². The Hall–Kier alpha value is -10.7. The van der Waals surface area contributed by atoms with Gasteiger partial charge in [0.25, 0.3) is 6.71 Å². The summed E-state index contributed by atoms with van der Waals surface area (Å²) in [4.78, 5) is 4.92. The van der Waals surface area contributed by atoms with Gasteiger partial charge in [0.2, 0.25) is 0 Å². The van der Waals surface area contributed by atoms with Crippen LogP contribution in [-0.2, 0) is 32.5 Å². The van der Waals surface area contributed by atoms with E-state index in [2.05, 4.69) is 365 Å². The third-order valence-electron chi connectivity index (χ3n) is 22.3. The molecule has 0 atom stereocenters. The maximum atomic E-state index is 10.2. The van der Waals surface area contributed by atoms with E-state index in [1.165, 1.54) is 33.4 Å². The number of nitrogens with zero attached hydrogens (tertiary/aromatic N) is 3. The Kier molecular flexibility index (Phi) is 14.6. The molecule has 0 fully saturated rings. The van der Waals surface area contributed by atoms with E-state index in [1.807, 2.05) is 0 Å². The molecule has 1 aromatic heterocycles. The number of para-hydroxylation sites is 4. The first-order chi connectivity index (χ1) is 53.7. The molecule has 2 aliphatic heterocycles. The highest BCUT2D eigenvalue weighted by molar-refractivity contribution is 7.00. The maximum absolute atomic E-state index is 10.2. The van der Waals surface area contributed by atoms with Crippen LogP contribution >= 0.6 is 0 Å². The second-order valence-corrected chi connectivity index (χ2v) is 35.7. The fourth-order valence-electron chi connectivity index (χ4n) is 16.1. The molecular formula is C102H100BN3. The van der Waals surface area contributed by atoms with Gasteiger partial charge in [-0.2, -0.15) is 0 Å². The van der Waals surface area contributed by atoms with Crippen LogP contribution in [0.3, 0.4) is 0 Å². The lowest BCUT2D eigenvalue weighted by atomic mass is 9.33. The molecule has 2 aliphatic rings. The first kappa shape index (κ1) is 60.6. The van der Waals surface area contributed by atoms with Crippen molar-refractivity contribution in [2.75, 3.05) is 9.80 Å². The van der Waals surface area contributed by atoms with Crippen molar-refractivity contribution in [3.8, 4) is 72.4 Å². The van der Waals surface area contributed by atoms with Crippen LogP contribution in [-0.4, -0.2) is 11.3 Å². The van der Waals surface area contributed by atoms with Crippen molar-refractivity contribution in [2.24, 2.45) is 0 Å². The molecule has 0 saturated carbocycles. The van der Waals surface area contributed by atoms with Crippen LogP contribution in [0.4, 0.5) is 34.1 Å². The van der Waals surface area contributed by atoms with E-state index in [0.717, 1.165) is 117 Å². The van der Waals surface area contributed by atoms with E-state index in [1.54, 1.807) is 4.57 Å². The predicted octanol–water partition coefficient (Wildman–Crippen LogP) is 26.7. The Labute approximate surface area is 642 Å². The Morgan fingerprint density at radius 1 is 0.264 bits per heavy atom. The molecule has 526 valence electrons. The summed E-state index contributed by atoms with van der Waals surface area (Å²) in [7, 11) is 0. The van der Waals surface area contributed by atoms with E-state index in [-0.39, 0.29) is 66.4 Å². The smallest absolute Gasteiger partial charge is 0.252 e. The Morgan fingerprint density at radius 3 is 0.792 bits per heavy atom. The highest BCUT2D eigenvalue weighted by Crippen LogP contribution is 2.55. The average molecular weight is 1390 g/mol. The fourth-order valence-corrected chi connectivity index (χ4v) is 16.1. The van der Waals surface area contributed by atoms with Crippen molar-refractivity contribution < 1.29 is 11.0 Å². The van der Waals surface area contributed by atoms with E-state index < -0.39 is 43.0 Å². The SMILES string of the molecule is [2H]c1c([2H])c([2H])c2c(c1[2H])c1c([2H])c([2H])c([2H])c([2H])c1n2-c1cc2c3c(c1)N(c1c(-c4ccc(C(C)(C)C)cc4)cccc1-c1ccc(C(C)(C)C)cc1)c1ccc(-c4ccc(C(C)(C)C)cc4)cc1B3c1cc(-c3ccc(C(C)(C)C)cc3)ccc1N2c1c(-c2ccc(C(C)(C)C)cc2)cccc1-c1ccc(C(C)(C)C)cc1. The van der Waals surface area contributed by atoms with E-state index in [9.17, 15) is 11.0 Å². The van der Waals surface area contributed by atoms with Crippen molar-refractivity contribution in [1.82, 2.24) is 4.57 Å². The van der Waals surface area contributed by atoms with E-state index in [4.69, 9.17) is 0 Å². The molecular weight excluding hydrogens is 1280 g/mol. The quantitative estimate of drug-likeness (QED) is 0.133. The number of benzene rings is 13. The lowest BCUT2D eigenvalue weighted by Crippen LogP contribution is -2.61. The molecule has 0 spiro atoms. The predicted molar refractivity (Wildman–Crippen MR) is 460 cm³/mol. The highest BCUT2D eigenvalue weighted by atomic mass is 15.2. The van der Waals surface area contributed by atoms with Crippen LogP contribution < -0.4 is 26.2 Å². The van der Waals surface area contributed by atoms with Crippen molar-refractivity contribution >= 4 is 79.0 Å². The van der Waals surface area contributed by atoms with Crippen LogP contribution in [0.25, 0.3) is 94.3 Å². The van der Waals surface area contributed by atoms with Gasteiger partial charge in [0.15, 0.2) is 0 Å². The second-order valence-electron chi connectivity index (χ2n) is 35.7. The minimum atomic E-state index is -0.530. The molecule has 0 saturated heterocycles. The number of anilines is 6. The molecule has 0 amide bonds. The molecule has 106 heavy (non-hydrogen) atoms. The maximum Gasteiger partial charge on any atom is 0.252 e. The monoisotopic (exact) mass is 1390 g/mol. The number of hydrogen-bond acceptors (Lipinski definition) is 2. The lowest BCUT2D eigenvalue weighted by Gasteiger charge is -2.46. The zero-order chi connectivity index (χ0) is 81.3. The Balaban J connectivity index is 1.14. The molecule has 3 nitrogen and oxygen atoms in total. The summed E-state index contributed by atoms with van der Waals surface area (Å²) in [6, 6.07) is 82.1. The average Bonchev–Trinajstić information content (AvgIpc) is 1.06. The van der Waals surface area contributed by atoms with Gasteiger partial charge in [-0.15, -0.1) is 0 Å². The summed E-state index contributed by atoms with van der Waals surface area (Å²) in [6.07, 6.45) is 0. The fraction of sp³-hybridized carbons (Fsp3) is 0.235. The summed E-state index contributed by atoms with van der Waals surface area (Å²) in [5.41, 5.74) is 27.1. The number of fused-ring (bicyclic) bond motifs is 7. The van der Waals surface area contributed by atoms with Gasteiger partial charge in [0.1, 0.15) is 0 Å². The Bertz CT molecular complexity index is 5690. The molecule has 16 rings (SSSR count). The lowest BCUT2D eigenvalue weighted by molar-refractivity contribution is 0.590. The molecule has 14 aromatic rings. The standard InChI is InChI=1S/C102H100BN3/c1-97(2,3)73-47-33-65(34-48-73)71-45-59-90-86(61-71)103-87-62-72(66-35-49-74(50-36-66)98(4,5)6)46-60-91(87)106(96-82(69-41-55-77(56-42-69)101(13,14)15)29-24-30-83(96)70-43-57-78(58-44-70)102(16,17)18)93-64-79(104-88-31-21-19-25-84(88)85-26-20-22-32-89(85)104)63-92(94(93)103)105(90)95-80(67-37-51-75(52-38-67)99(7,8)9)27-23-28-81(95)68-39-53-76(54-40-68)100(10,11)12/h19-64H,1-18H3/i19D,20D,21D,22D,25D,26D,31D,32D. The summed E-state index contributed by atoms with van der Waals surface area (Å²) in [5.74, 6) is 0. The van der Waals surface area contributed by atoms with Crippen molar-refractivity contribution in [1.29, 1.82) is 0 Å². The zero-order valence-electron chi connectivity index (χ0n) is 72.9. The van der Waals surface area contributed by atoms with Gasteiger partial charge in [-0.05, 0) is 163 Å². The van der Waals surface area contributed by atoms with Gasteiger partial charge >= 0.3 is 0 Å². The van der Waals surface area contributed by atoms with Gasteiger partial charge in [-0.3, -0.25) is 0 Å². The normalized spacial score (nSPS) is 14.4. The van der Waals surface area contributed by atoms with Gasteiger partial charge in [0, 0.05) is 55.8 Å². The van der Waals surface area contributed by atoms with E-state index >= 15 is 0 Å². The zero-order valence-corrected chi connectivity index (χ0v) is 64.9. The van der Waals surface area contributed by atoms with E-state index in [0.29, 0.717) is 5.69 Å². The number of aromatic nitrogens is 1. The molecule has 0 unspecified atom stereocenters. The third-order valence-corrected chi connectivity index (χ3v) is 22.3. The first-order valence-corrected chi connectivity index (χ1v) is 37.7. The molecule has 0 bridgehead atoms. The first-order valence-electron chi connectivity index (χ1n) is 41.7. The van der Waals surface area contributed by atoms with Crippen LogP contribution in [0, 0.1) is 0 Å². The van der Waals surface area contributed by atoms with Crippen LogP contribution in [0.1, 0.15) is 169 Å². The third kappa shape index (κ3) is 12.4. The highest BCUT2D eigenvalue weighted by Gasteiger charge is 2.46. The van der Waals surface area contributed by atoms with Crippen molar-refractivity contribution in [3.05, 3.63) is 312 Å². The molecule has 3 heterocycles. The number of hydrogen-bond donors (Lipinski definition) is 0. The van der Waals surface area contributed by atoms with Crippen molar-refractivity contribution in [3.63, 3.8) is 0 Å². The summed E-state index contributed by atoms with van der Waals surface area (Å²) in [5, 5.41) is -0.00399. The van der Waals surface area contributed by atoms with Crippen LogP contribution in [0.2, 0.25) is 0 Å². The van der Waals surface area contributed by atoms with Crippen molar-refractivity contribution in [2.45, 2.75) is 157 Å². The largest absolute Gasteiger partial charge is 0.310 e. The van der Waals surface area contributed by atoms with Crippen LogP contribution in [0.15, 0.2) is 279 Å². The minimum Gasteiger partial charge on any atom is -0.310 e. The topological polar surface area (TPSA) is 11.4 Å². The second kappa shape index (κ2) is 25.5. The minimum absolute atomic E-state index is 0.00199. The molecule has 0 N–H and O–H groups in total. The van der Waals surface area contributed by atoms with Gasteiger partial charge < -0.3 is 14.4 Å². The van der Waals surface area contributed by atoms with Gasteiger partial charge in [0.05, 0.1) is 39.1 Å². The summed E-state index contributed by atoms with van der Waals surface area (Å²) >= 11 is 0.